The molecular weight excluding hydrogens is 484 g/mol. The zero-order chi connectivity index (χ0) is 25.4. The van der Waals surface area contributed by atoms with Crippen LogP contribution in [-0.4, -0.2) is 52.8 Å². The summed E-state index contributed by atoms with van der Waals surface area (Å²) < 4.78 is 39.8. The number of rotatable bonds is 11. The SMILES string of the molecule is CCOc1ccccc1N(CC(=O)N(C)Cc1ccccc1OC)S(=O)(=O)c1ccc(SC)cc1. The number of benzene rings is 3. The van der Waals surface area contributed by atoms with E-state index in [1.165, 1.54) is 16.7 Å². The number of hydrogen-bond donors (Lipinski definition) is 0. The average Bonchev–Trinajstić information content (AvgIpc) is 2.88. The van der Waals surface area contributed by atoms with E-state index in [0.29, 0.717) is 23.8 Å². The molecule has 0 saturated carbocycles. The Labute approximate surface area is 211 Å². The number of ether oxygens (including phenoxy) is 2. The molecule has 0 spiro atoms. The second-order valence-corrected chi connectivity index (χ2v) is 10.4. The van der Waals surface area contributed by atoms with Gasteiger partial charge in [-0.05, 0) is 55.6 Å². The molecule has 0 saturated heterocycles. The van der Waals surface area contributed by atoms with Crippen molar-refractivity contribution in [1.29, 1.82) is 0 Å². The highest BCUT2D eigenvalue weighted by atomic mass is 32.2. The van der Waals surface area contributed by atoms with Crippen LogP contribution in [0.3, 0.4) is 0 Å². The summed E-state index contributed by atoms with van der Waals surface area (Å²) in [6.45, 7) is 2.06. The van der Waals surface area contributed by atoms with Crippen molar-refractivity contribution in [2.24, 2.45) is 0 Å². The number of hydrogen-bond acceptors (Lipinski definition) is 6. The fourth-order valence-electron chi connectivity index (χ4n) is 3.54. The fraction of sp³-hybridized carbons (Fsp3) is 0.269. The van der Waals surface area contributed by atoms with Crippen molar-refractivity contribution in [1.82, 2.24) is 4.90 Å². The minimum atomic E-state index is -4.06. The summed E-state index contributed by atoms with van der Waals surface area (Å²) in [5.41, 5.74) is 1.13. The molecule has 186 valence electrons. The molecule has 0 aliphatic heterocycles. The van der Waals surface area contributed by atoms with E-state index in [-0.39, 0.29) is 23.9 Å². The summed E-state index contributed by atoms with van der Waals surface area (Å²) in [6.07, 6.45) is 1.92. The van der Waals surface area contributed by atoms with Gasteiger partial charge in [-0.1, -0.05) is 30.3 Å². The summed E-state index contributed by atoms with van der Waals surface area (Å²) in [7, 11) is -0.851. The largest absolute Gasteiger partial charge is 0.496 e. The first kappa shape index (κ1) is 26.4. The van der Waals surface area contributed by atoms with E-state index in [1.54, 1.807) is 62.7 Å². The van der Waals surface area contributed by atoms with Gasteiger partial charge in [-0.15, -0.1) is 11.8 Å². The maximum Gasteiger partial charge on any atom is 0.264 e. The number of amides is 1. The summed E-state index contributed by atoms with van der Waals surface area (Å²) in [6, 6.07) is 20.8. The van der Waals surface area contributed by atoms with Gasteiger partial charge >= 0.3 is 0 Å². The predicted molar refractivity (Wildman–Crippen MR) is 140 cm³/mol. The highest BCUT2D eigenvalue weighted by Gasteiger charge is 2.30. The smallest absolute Gasteiger partial charge is 0.264 e. The molecule has 0 aliphatic carbocycles. The predicted octanol–water partition coefficient (Wildman–Crippen LogP) is 4.67. The Morgan fingerprint density at radius 3 is 2.20 bits per heavy atom. The molecule has 0 fully saturated rings. The average molecular weight is 515 g/mol. The molecule has 7 nitrogen and oxygen atoms in total. The molecule has 0 aromatic heterocycles. The number of methoxy groups -OCH3 is 1. The molecule has 3 aromatic rings. The summed E-state index contributed by atoms with van der Waals surface area (Å²) in [4.78, 5) is 15.8. The van der Waals surface area contributed by atoms with Gasteiger partial charge in [-0.3, -0.25) is 9.10 Å². The van der Waals surface area contributed by atoms with Gasteiger partial charge in [0, 0.05) is 24.1 Å². The molecule has 0 N–H and O–H groups in total. The minimum absolute atomic E-state index is 0.0989. The van der Waals surface area contributed by atoms with Crippen LogP contribution in [0.4, 0.5) is 5.69 Å². The minimum Gasteiger partial charge on any atom is -0.496 e. The molecule has 1 amide bonds. The van der Waals surface area contributed by atoms with E-state index in [4.69, 9.17) is 9.47 Å². The molecule has 0 atom stereocenters. The van der Waals surface area contributed by atoms with Crippen LogP contribution in [0.15, 0.2) is 82.6 Å². The van der Waals surface area contributed by atoms with Gasteiger partial charge in [0.05, 0.1) is 24.3 Å². The van der Waals surface area contributed by atoms with Crippen molar-refractivity contribution in [3.8, 4) is 11.5 Å². The quantitative estimate of drug-likeness (QED) is 0.346. The standard InChI is InChI=1S/C26H30N2O5S2/c1-5-33-25-13-9-7-11-23(25)28(35(30,31)22-16-14-21(34-4)15-17-22)19-26(29)27(2)18-20-10-6-8-12-24(20)32-3/h6-17H,5,18-19H2,1-4H3. The lowest BCUT2D eigenvalue weighted by Gasteiger charge is -2.28. The van der Waals surface area contributed by atoms with Gasteiger partial charge in [-0.2, -0.15) is 0 Å². The van der Waals surface area contributed by atoms with Crippen molar-refractivity contribution in [3.63, 3.8) is 0 Å². The number of likely N-dealkylation sites (N-methyl/N-ethyl adjacent to an activating group) is 1. The Kier molecular flexibility index (Phi) is 9.06. The van der Waals surface area contributed by atoms with Crippen LogP contribution in [0.25, 0.3) is 0 Å². The lowest BCUT2D eigenvalue weighted by atomic mass is 10.2. The highest BCUT2D eigenvalue weighted by molar-refractivity contribution is 7.98. The highest BCUT2D eigenvalue weighted by Crippen LogP contribution is 2.33. The third-order valence-electron chi connectivity index (χ3n) is 5.39. The van der Waals surface area contributed by atoms with Crippen molar-refractivity contribution in [2.75, 3.05) is 37.9 Å². The number of para-hydroxylation sites is 3. The third-order valence-corrected chi connectivity index (χ3v) is 7.90. The van der Waals surface area contributed by atoms with Crippen LogP contribution < -0.4 is 13.8 Å². The number of carbonyl (C=O) groups is 1. The summed E-state index contributed by atoms with van der Waals surface area (Å²) in [5.74, 6) is 0.679. The van der Waals surface area contributed by atoms with E-state index in [9.17, 15) is 13.2 Å². The summed E-state index contributed by atoms with van der Waals surface area (Å²) >= 11 is 1.52. The van der Waals surface area contributed by atoms with Gasteiger partial charge < -0.3 is 14.4 Å². The number of thioether (sulfide) groups is 1. The monoisotopic (exact) mass is 514 g/mol. The molecular formula is C26H30N2O5S2. The Balaban J connectivity index is 1.97. The van der Waals surface area contributed by atoms with Gasteiger partial charge in [0.25, 0.3) is 10.0 Å². The maximum absolute atomic E-state index is 13.8. The van der Waals surface area contributed by atoms with Crippen LogP contribution >= 0.6 is 11.8 Å². The number of carbonyl (C=O) groups excluding carboxylic acids is 1. The van der Waals surface area contributed by atoms with Gasteiger partial charge in [0.2, 0.25) is 5.91 Å². The second-order valence-electron chi connectivity index (χ2n) is 7.65. The zero-order valence-corrected chi connectivity index (χ0v) is 21.9. The number of sulfonamides is 1. The zero-order valence-electron chi connectivity index (χ0n) is 20.3. The van der Waals surface area contributed by atoms with E-state index < -0.39 is 10.0 Å². The van der Waals surface area contributed by atoms with Crippen molar-refractivity contribution in [3.05, 3.63) is 78.4 Å². The van der Waals surface area contributed by atoms with E-state index in [2.05, 4.69) is 0 Å². The molecule has 0 bridgehead atoms. The molecule has 0 radical (unpaired) electrons. The topological polar surface area (TPSA) is 76.2 Å². The molecule has 0 heterocycles. The maximum atomic E-state index is 13.8. The second kappa shape index (κ2) is 12.0. The summed E-state index contributed by atoms with van der Waals surface area (Å²) in [5, 5.41) is 0. The third kappa shape index (κ3) is 6.29. The normalized spacial score (nSPS) is 11.1. The van der Waals surface area contributed by atoms with Crippen molar-refractivity contribution >= 4 is 33.4 Å². The van der Waals surface area contributed by atoms with Crippen molar-refractivity contribution in [2.45, 2.75) is 23.3 Å². The first-order chi connectivity index (χ1) is 16.8. The first-order valence-electron chi connectivity index (χ1n) is 11.1. The van der Waals surface area contributed by atoms with E-state index >= 15 is 0 Å². The molecule has 3 rings (SSSR count). The van der Waals surface area contributed by atoms with Crippen LogP contribution in [0.5, 0.6) is 11.5 Å². The van der Waals surface area contributed by atoms with Crippen molar-refractivity contribution < 1.29 is 22.7 Å². The molecule has 3 aromatic carbocycles. The van der Waals surface area contributed by atoms with E-state index in [0.717, 1.165) is 14.8 Å². The van der Waals surface area contributed by atoms with E-state index in [1.807, 2.05) is 37.4 Å². The number of nitrogens with zero attached hydrogens (tertiary/aromatic N) is 2. The fourth-order valence-corrected chi connectivity index (χ4v) is 5.37. The molecule has 9 heteroatoms. The molecule has 0 aliphatic rings. The molecule has 0 unspecified atom stereocenters. The van der Waals surface area contributed by atoms with Gasteiger partial charge in [0.15, 0.2) is 0 Å². The van der Waals surface area contributed by atoms with Crippen LogP contribution in [0, 0.1) is 0 Å². The van der Waals surface area contributed by atoms with Gasteiger partial charge in [-0.25, -0.2) is 8.42 Å². The molecule has 35 heavy (non-hydrogen) atoms. The Morgan fingerprint density at radius 1 is 0.943 bits per heavy atom. The van der Waals surface area contributed by atoms with Crippen LogP contribution in [0.1, 0.15) is 12.5 Å². The Bertz CT molecular complexity index is 1250. The number of anilines is 1. The Hall–Kier alpha value is -3.17. The van der Waals surface area contributed by atoms with Crippen LogP contribution in [0.2, 0.25) is 0 Å². The lowest BCUT2D eigenvalue weighted by Crippen LogP contribution is -2.41. The lowest BCUT2D eigenvalue weighted by molar-refractivity contribution is -0.128. The van der Waals surface area contributed by atoms with Gasteiger partial charge in [0.1, 0.15) is 18.0 Å². The first-order valence-corrected chi connectivity index (χ1v) is 13.7. The Morgan fingerprint density at radius 2 is 1.57 bits per heavy atom. The van der Waals surface area contributed by atoms with Crippen LogP contribution in [-0.2, 0) is 21.4 Å².